The van der Waals surface area contributed by atoms with Crippen LogP contribution in [0.3, 0.4) is 0 Å². The minimum Gasteiger partial charge on any atom is -0.494 e. The molecule has 0 aliphatic rings. The van der Waals surface area contributed by atoms with Gasteiger partial charge in [0, 0.05) is 5.69 Å². The number of ether oxygens (including phenoxy) is 1. The molecule has 0 saturated carbocycles. The smallest absolute Gasteiger partial charge is 0.287 e. The lowest BCUT2D eigenvalue weighted by Gasteiger charge is -2.11. The van der Waals surface area contributed by atoms with E-state index in [1.807, 2.05) is 31.2 Å². The van der Waals surface area contributed by atoms with Crippen molar-refractivity contribution in [3.63, 3.8) is 0 Å². The van der Waals surface area contributed by atoms with Crippen molar-refractivity contribution < 1.29 is 18.7 Å². The van der Waals surface area contributed by atoms with Crippen LogP contribution >= 0.6 is 0 Å². The lowest BCUT2D eigenvalue weighted by molar-refractivity contribution is -0.116. The molecule has 4 aromatic rings. The number of nitrogens with zero attached hydrogens (tertiary/aromatic N) is 2. The number of carbonyl (C=O) groups is 2. The molecule has 0 atom stereocenters. The van der Waals surface area contributed by atoms with Gasteiger partial charge in [0.2, 0.25) is 5.91 Å². The highest BCUT2D eigenvalue weighted by molar-refractivity contribution is 5.92. The lowest BCUT2D eigenvalue weighted by atomic mass is 10.3. The van der Waals surface area contributed by atoms with Gasteiger partial charge in [0.05, 0.1) is 30.4 Å². The highest BCUT2D eigenvalue weighted by Gasteiger charge is 2.16. The van der Waals surface area contributed by atoms with Crippen molar-refractivity contribution in [2.45, 2.75) is 20.0 Å². The summed E-state index contributed by atoms with van der Waals surface area (Å²) in [5.74, 6) is 0.989. The lowest BCUT2D eigenvalue weighted by Crippen LogP contribution is -2.26. The van der Waals surface area contributed by atoms with Crippen LogP contribution in [0.4, 0.5) is 5.69 Å². The van der Waals surface area contributed by atoms with E-state index in [1.54, 1.807) is 41.0 Å². The molecule has 0 aliphatic carbocycles. The molecule has 2 N–H and O–H groups in total. The molecule has 158 valence electrons. The summed E-state index contributed by atoms with van der Waals surface area (Å²) in [6.45, 7) is 2.71. The Balaban J connectivity index is 1.49. The Labute approximate surface area is 178 Å². The first-order valence-electron chi connectivity index (χ1n) is 9.92. The first kappa shape index (κ1) is 20.2. The number of amides is 2. The molecular weight excluding hydrogens is 396 g/mol. The van der Waals surface area contributed by atoms with Gasteiger partial charge in [-0.15, -0.1) is 0 Å². The Kier molecular flexibility index (Phi) is 5.98. The molecule has 8 nitrogen and oxygen atoms in total. The van der Waals surface area contributed by atoms with Gasteiger partial charge in [-0.05, 0) is 55.5 Å². The minimum atomic E-state index is -0.345. The highest BCUT2D eigenvalue weighted by atomic mass is 16.5. The van der Waals surface area contributed by atoms with Gasteiger partial charge >= 0.3 is 0 Å². The number of fused-ring (bicyclic) bond motifs is 1. The van der Waals surface area contributed by atoms with E-state index in [4.69, 9.17) is 9.15 Å². The standard InChI is InChI=1S/C23H22N4O4/c1-2-30-17-11-9-16(10-12-17)25-22(28)15-27-19-7-4-3-6-18(19)26-21(27)14-24-23(29)20-8-5-13-31-20/h3-13H,2,14-15H2,1H3,(H,24,29)(H,25,28). The molecule has 0 radical (unpaired) electrons. The number of rotatable bonds is 8. The molecule has 2 aromatic carbocycles. The first-order chi connectivity index (χ1) is 15.1. The maximum absolute atomic E-state index is 12.7. The molecule has 0 spiro atoms. The zero-order valence-corrected chi connectivity index (χ0v) is 17.0. The van der Waals surface area contributed by atoms with E-state index < -0.39 is 0 Å². The predicted octanol–water partition coefficient (Wildman–Crippen LogP) is 3.60. The molecule has 31 heavy (non-hydrogen) atoms. The van der Waals surface area contributed by atoms with Gasteiger partial charge < -0.3 is 24.4 Å². The second-order valence-electron chi connectivity index (χ2n) is 6.77. The third-order valence-corrected chi connectivity index (χ3v) is 4.64. The summed E-state index contributed by atoms with van der Waals surface area (Å²) in [7, 11) is 0. The van der Waals surface area contributed by atoms with E-state index in [2.05, 4.69) is 15.6 Å². The van der Waals surface area contributed by atoms with E-state index >= 15 is 0 Å². The van der Waals surface area contributed by atoms with Crippen molar-refractivity contribution in [3.8, 4) is 5.75 Å². The van der Waals surface area contributed by atoms with E-state index in [1.165, 1.54) is 6.26 Å². The first-order valence-corrected chi connectivity index (χ1v) is 9.92. The van der Waals surface area contributed by atoms with Crippen LogP contribution in [0.15, 0.2) is 71.3 Å². The third-order valence-electron chi connectivity index (χ3n) is 4.64. The number of anilines is 1. The van der Waals surface area contributed by atoms with Gasteiger partial charge in [-0.25, -0.2) is 4.98 Å². The Bertz CT molecular complexity index is 1180. The maximum Gasteiger partial charge on any atom is 0.287 e. The fourth-order valence-corrected chi connectivity index (χ4v) is 3.24. The molecule has 0 fully saturated rings. The number of aromatic nitrogens is 2. The molecular formula is C23H22N4O4. The molecule has 8 heteroatoms. The number of para-hydroxylation sites is 2. The van der Waals surface area contributed by atoms with E-state index in [0.29, 0.717) is 18.1 Å². The zero-order chi connectivity index (χ0) is 21.6. The monoisotopic (exact) mass is 418 g/mol. The normalized spacial score (nSPS) is 10.7. The third kappa shape index (κ3) is 4.75. The van der Waals surface area contributed by atoms with Crippen LogP contribution in [-0.2, 0) is 17.9 Å². The molecule has 0 saturated heterocycles. The number of hydrogen-bond donors (Lipinski definition) is 2. The molecule has 2 aromatic heterocycles. The van der Waals surface area contributed by atoms with E-state index in [9.17, 15) is 9.59 Å². The molecule has 0 bridgehead atoms. The van der Waals surface area contributed by atoms with Gasteiger partial charge in [0.15, 0.2) is 5.76 Å². The van der Waals surface area contributed by atoms with Gasteiger partial charge in [-0.1, -0.05) is 12.1 Å². The largest absolute Gasteiger partial charge is 0.494 e. The van der Waals surface area contributed by atoms with E-state index in [0.717, 1.165) is 16.8 Å². The van der Waals surface area contributed by atoms with Crippen molar-refractivity contribution in [1.82, 2.24) is 14.9 Å². The summed E-state index contributed by atoms with van der Waals surface area (Å²) in [6, 6.07) is 18.0. The fraction of sp³-hybridized carbons (Fsp3) is 0.174. The van der Waals surface area contributed by atoms with Gasteiger partial charge in [-0.3, -0.25) is 9.59 Å². The average molecular weight is 418 g/mol. The number of carbonyl (C=O) groups excluding carboxylic acids is 2. The maximum atomic E-state index is 12.7. The quantitative estimate of drug-likeness (QED) is 0.456. The topological polar surface area (TPSA) is 98.4 Å². The molecule has 0 aliphatic heterocycles. The van der Waals surface area contributed by atoms with Crippen LogP contribution in [0.2, 0.25) is 0 Å². The fourth-order valence-electron chi connectivity index (χ4n) is 3.24. The van der Waals surface area contributed by atoms with Crippen LogP contribution in [0, 0.1) is 0 Å². The SMILES string of the molecule is CCOc1ccc(NC(=O)Cn2c(CNC(=O)c3ccco3)nc3ccccc32)cc1. The van der Waals surface area contributed by atoms with Crippen LogP contribution in [0.1, 0.15) is 23.3 Å². The summed E-state index contributed by atoms with van der Waals surface area (Å²) in [6.07, 6.45) is 1.44. The Morgan fingerprint density at radius 2 is 1.87 bits per heavy atom. The molecule has 0 unspecified atom stereocenters. The van der Waals surface area contributed by atoms with Gasteiger partial charge in [-0.2, -0.15) is 0 Å². The van der Waals surface area contributed by atoms with Crippen LogP contribution in [0.5, 0.6) is 5.75 Å². The zero-order valence-electron chi connectivity index (χ0n) is 17.0. The number of hydrogen-bond acceptors (Lipinski definition) is 5. The number of furan rings is 1. The highest BCUT2D eigenvalue weighted by Crippen LogP contribution is 2.18. The van der Waals surface area contributed by atoms with Crippen molar-refractivity contribution in [1.29, 1.82) is 0 Å². The van der Waals surface area contributed by atoms with Crippen molar-refractivity contribution in [2.75, 3.05) is 11.9 Å². The van der Waals surface area contributed by atoms with Crippen molar-refractivity contribution in [3.05, 3.63) is 78.5 Å². The van der Waals surface area contributed by atoms with Gasteiger partial charge in [0.25, 0.3) is 5.91 Å². The summed E-state index contributed by atoms with van der Waals surface area (Å²) in [5, 5.41) is 5.67. The van der Waals surface area contributed by atoms with Crippen molar-refractivity contribution in [2.24, 2.45) is 0 Å². The Morgan fingerprint density at radius 3 is 2.61 bits per heavy atom. The average Bonchev–Trinajstić information content (AvgIpc) is 3.43. The molecule has 2 heterocycles. The van der Waals surface area contributed by atoms with E-state index in [-0.39, 0.29) is 30.7 Å². The minimum absolute atomic E-state index is 0.0552. The Morgan fingerprint density at radius 1 is 1.06 bits per heavy atom. The number of benzene rings is 2. The van der Waals surface area contributed by atoms with Crippen LogP contribution < -0.4 is 15.4 Å². The summed E-state index contributed by atoms with van der Waals surface area (Å²) in [5.41, 5.74) is 2.23. The number of nitrogens with one attached hydrogen (secondary N) is 2. The molecule has 4 rings (SSSR count). The predicted molar refractivity (Wildman–Crippen MR) is 116 cm³/mol. The summed E-state index contributed by atoms with van der Waals surface area (Å²) >= 11 is 0. The second kappa shape index (κ2) is 9.17. The second-order valence-corrected chi connectivity index (χ2v) is 6.77. The van der Waals surface area contributed by atoms with Crippen LogP contribution in [0.25, 0.3) is 11.0 Å². The van der Waals surface area contributed by atoms with Gasteiger partial charge in [0.1, 0.15) is 18.1 Å². The van der Waals surface area contributed by atoms with Crippen molar-refractivity contribution >= 4 is 28.5 Å². The van der Waals surface area contributed by atoms with Crippen LogP contribution in [-0.4, -0.2) is 28.0 Å². The summed E-state index contributed by atoms with van der Waals surface area (Å²) in [4.78, 5) is 29.5. The molecule has 2 amide bonds. The Hall–Kier alpha value is -4.07. The number of imidazole rings is 1. The summed E-state index contributed by atoms with van der Waals surface area (Å²) < 4.78 is 12.3.